The topological polar surface area (TPSA) is 113 Å². The number of piperazine rings is 1. The van der Waals surface area contributed by atoms with E-state index in [1.54, 1.807) is 0 Å². The number of hydrogen-bond acceptors (Lipinski definition) is 6. The lowest BCUT2D eigenvalue weighted by Gasteiger charge is -2.33. The Kier molecular flexibility index (Phi) is 6.45. The number of hydrogen-bond donors (Lipinski definition) is 1. The molecule has 1 aliphatic heterocycles. The van der Waals surface area contributed by atoms with Crippen LogP contribution in [0.1, 0.15) is 13.3 Å². The van der Waals surface area contributed by atoms with E-state index < -0.39 is 14.9 Å². The number of carbonyl (C=O) groups is 1. The molecular formula is C15H22N4O5S. The molecule has 25 heavy (non-hydrogen) atoms. The number of benzene rings is 1. The molecular weight excluding hydrogens is 348 g/mol. The van der Waals surface area contributed by atoms with Crippen molar-refractivity contribution in [2.75, 3.05) is 39.3 Å². The van der Waals surface area contributed by atoms with Crippen molar-refractivity contribution in [3.63, 3.8) is 0 Å². The van der Waals surface area contributed by atoms with Crippen LogP contribution in [0.4, 0.5) is 5.69 Å². The third-order valence-corrected chi connectivity index (χ3v) is 5.83. The van der Waals surface area contributed by atoms with E-state index in [-0.39, 0.29) is 36.1 Å². The molecule has 138 valence electrons. The van der Waals surface area contributed by atoms with Crippen molar-refractivity contribution in [2.45, 2.75) is 18.2 Å². The highest BCUT2D eigenvalue weighted by Gasteiger charge is 2.29. The molecule has 1 aliphatic rings. The largest absolute Gasteiger partial charge is 0.355 e. The molecule has 1 aromatic carbocycles. The highest BCUT2D eigenvalue weighted by atomic mass is 32.2. The lowest BCUT2D eigenvalue weighted by Crippen LogP contribution is -2.51. The van der Waals surface area contributed by atoms with Gasteiger partial charge < -0.3 is 5.32 Å². The van der Waals surface area contributed by atoms with Crippen molar-refractivity contribution < 1.29 is 18.1 Å². The summed E-state index contributed by atoms with van der Waals surface area (Å²) in [6.45, 7) is 4.20. The predicted molar refractivity (Wildman–Crippen MR) is 91.6 cm³/mol. The number of rotatable bonds is 7. The summed E-state index contributed by atoms with van der Waals surface area (Å²) in [6, 6.07) is 5.04. The number of nitrogens with one attached hydrogen (secondary N) is 1. The minimum Gasteiger partial charge on any atom is -0.355 e. The zero-order valence-corrected chi connectivity index (χ0v) is 14.9. The van der Waals surface area contributed by atoms with Gasteiger partial charge in [-0.1, -0.05) is 13.0 Å². The van der Waals surface area contributed by atoms with E-state index in [0.717, 1.165) is 12.5 Å². The molecule has 0 saturated carbocycles. The maximum Gasteiger partial charge on any atom is 0.270 e. The Balaban J connectivity index is 1.98. The van der Waals surface area contributed by atoms with E-state index >= 15 is 0 Å². The van der Waals surface area contributed by atoms with Gasteiger partial charge in [-0.3, -0.25) is 19.8 Å². The molecule has 0 spiro atoms. The monoisotopic (exact) mass is 370 g/mol. The first-order valence-corrected chi connectivity index (χ1v) is 9.52. The third kappa shape index (κ3) is 4.97. The molecule has 1 N–H and O–H groups in total. The first-order chi connectivity index (χ1) is 11.8. The number of nitrogens with zero attached hydrogens (tertiary/aromatic N) is 3. The molecule has 0 radical (unpaired) electrons. The van der Waals surface area contributed by atoms with Gasteiger partial charge in [0, 0.05) is 44.9 Å². The van der Waals surface area contributed by atoms with Crippen LogP contribution in [0.3, 0.4) is 0 Å². The maximum atomic E-state index is 12.6. The number of nitro benzene ring substituents is 1. The summed E-state index contributed by atoms with van der Waals surface area (Å²) in [4.78, 5) is 23.7. The van der Waals surface area contributed by atoms with E-state index in [1.807, 2.05) is 11.8 Å². The number of non-ortho nitro benzene ring substituents is 1. The second kappa shape index (κ2) is 8.37. The SMILES string of the molecule is CCCNC(=O)CN1CCN(S(=O)(=O)c2cccc([N+](=O)[O-])c2)CC1. The molecule has 9 nitrogen and oxygen atoms in total. The van der Waals surface area contributed by atoms with Gasteiger partial charge in [-0.15, -0.1) is 0 Å². The summed E-state index contributed by atoms with van der Waals surface area (Å²) < 4.78 is 26.6. The number of carbonyl (C=O) groups excluding carboxylic acids is 1. The van der Waals surface area contributed by atoms with Gasteiger partial charge in [-0.2, -0.15) is 4.31 Å². The van der Waals surface area contributed by atoms with Gasteiger partial charge in [0.1, 0.15) is 0 Å². The van der Waals surface area contributed by atoms with Gasteiger partial charge in [0.2, 0.25) is 15.9 Å². The van der Waals surface area contributed by atoms with Crippen molar-refractivity contribution in [2.24, 2.45) is 0 Å². The lowest BCUT2D eigenvalue weighted by atomic mass is 10.3. The fourth-order valence-electron chi connectivity index (χ4n) is 2.56. The molecule has 1 amide bonds. The molecule has 0 atom stereocenters. The smallest absolute Gasteiger partial charge is 0.270 e. The summed E-state index contributed by atoms with van der Waals surface area (Å²) in [7, 11) is -3.78. The summed E-state index contributed by atoms with van der Waals surface area (Å²) in [5, 5.41) is 13.6. The standard InChI is InChI=1S/C15H22N4O5S/c1-2-6-16-15(20)12-17-7-9-18(10-8-17)25(23,24)14-5-3-4-13(11-14)19(21)22/h3-5,11H,2,6-10,12H2,1H3,(H,16,20). The molecule has 0 aromatic heterocycles. The number of sulfonamides is 1. The van der Waals surface area contributed by atoms with E-state index in [2.05, 4.69) is 5.32 Å². The van der Waals surface area contributed by atoms with Gasteiger partial charge in [0.05, 0.1) is 16.4 Å². The Morgan fingerprint density at radius 2 is 1.96 bits per heavy atom. The summed E-state index contributed by atoms with van der Waals surface area (Å²) in [5.41, 5.74) is -0.257. The van der Waals surface area contributed by atoms with Crippen molar-refractivity contribution in [1.82, 2.24) is 14.5 Å². The van der Waals surface area contributed by atoms with Crippen LogP contribution in [0.25, 0.3) is 0 Å². The van der Waals surface area contributed by atoms with Crippen LogP contribution in [-0.2, 0) is 14.8 Å². The Bertz CT molecular complexity index is 729. The third-order valence-electron chi connectivity index (χ3n) is 3.94. The summed E-state index contributed by atoms with van der Waals surface area (Å²) >= 11 is 0. The number of amides is 1. The van der Waals surface area contributed by atoms with Crippen LogP contribution in [-0.4, -0.2) is 67.7 Å². The summed E-state index contributed by atoms with van der Waals surface area (Å²) in [5.74, 6) is -0.0724. The minimum absolute atomic E-state index is 0.0724. The van der Waals surface area contributed by atoms with E-state index in [0.29, 0.717) is 19.6 Å². The second-order valence-electron chi connectivity index (χ2n) is 5.78. The minimum atomic E-state index is -3.78. The molecule has 0 bridgehead atoms. The van der Waals surface area contributed by atoms with Gasteiger partial charge in [-0.05, 0) is 12.5 Å². The van der Waals surface area contributed by atoms with Crippen LogP contribution in [0.15, 0.2) is 29.2 Å². The maximum absolute atomic E-state index is 12.6. The van der Waals surface area contributed by atoms with Crippen LogP contribution in [0, 0.1) is 10.1 Å². The highest BCUT2D eigenvalue weighted by molar-refractivity contribution is 7.89. The van der Waals surface area contributed by atoms with Crippen LogP contribution >= 0.6 is 0 Å². The van der Waals surface area contributed by atoms with Crippen LogP contribution < -0.4 is 5.32 Å². The molecule has 1 fully saturated rings. The van der Waals surface area contributed by atoms with Crippen LogP contribution in [0.5, 0.6) is 0 Å². The fourth-order valence-corrected chi connectivity index (χ4v) is 4.02. The van der Waals surface area contributed by atoms with Gasteiger partial charge in [0.15, 0.2) is 0 Å². The zero-order valence-electron chi connectivity index (χ0n) is 14.1. The molecule has 1 heterocycles. The molecule has 1 aromatic rings. The van der Waals surface area contributed by atoms with E-state index in [1.165, 1.54) is 22.5 Å². The highest BCUT2D eigenvalue weighted by Crippen LogP contribution is 2.21. The van der Waals surface area contributed by atoms with Crippen molar-refractivity contribution >= 4 is 21.6 Å². The molecule has 1 saturated heterocycles. The van der Waals surface area contributed by atoms with Crippen molar-refractivity contribution in [3.05, 3.63) is 34.4 Å². The first kappa shape index (κ1) is 19.3. The van der Waals surface area contributed by atoms with Gasteiger partial charge in [0.25, 0.3) is 5.69 Å². The van der Waals surface area contributed by atoms with Crippen molar-refractivity contribution in [3.8, 4) is 0 Å². The van der Waals surface area contributed by atoms with Crippen LogP contribution in [0.2, 0.25) is 0 Å². The van der Waals surface area contributed by atoms with E-state index in [9.17, 15) is 23.3 Å². The Hall–Kier alpha value is -2.04. The average Bonchev–Trinajstić information content (AvgIpc) is 2.60. The normalized spacial score (nSPS) is 16.5. The molecule has 10 heteroatoms. The Morgan fingerprint density at radius 1 is 1.28 bits per heavy atom. The molecule has 0 unspecified atom stereocenters. The quantitative estimate of drug-likeness (QED) is 0.550. The second-order valence-corrected chi connectivity index (χ2v) is 7.72. The van der Waals surface area contributed by atoms with Gasteiger partial charge >= 0.3 is 0 Å². The molecule has 0 aliphatic carbocycles. The number of nitro groups is 1. The Labute approximate surface area is 146 Å². The first-order valence-electron chi connectivity index (χ1n) is 8.08. The Morgan fingerprint density at radius 3 is 2.56 bits per heavy atom. The van der Waals surface area contributed by atoms with E-state index in [4.69, 9.17) is 0 Å². The fraction of sp³-hybridized carbons (Fsp3) is 0.533. The lowest BCUT2D eigenvalue weighted by molar-refractivity contribution is -0.385. The zero-order chi connectivity index (χ0) is 18.4. The van der Waals surface area contributed by atoms with Crippen molar-refractivity contribution in [1.29, 1.82) is 0 Å². The summed E-state index contributed by atoms with van der Waals surface area (Å²) in [6.07, 6.45) is 0.862. The predicted octanol–water partition coefficient (Wildman–Crippen LogP) is 0.427. The average molecular weight is 370 g/mol. The van der Waals surface area contributed by atoms with Gasteiger partial charge in [-0.25, -0.2) is 8.42 Å². The molecule has 2 rings (SSSR count).